The Morgan fingerprint density at radius 1 is 1.19 bits per heavy atom. The van der Waals surface area contributed by atoms with Crippen LogP contribution in [-0.2, 0) is 6.42 Å². The zero-order valence-electron chi connectivity index (χ0n) is 18.6. The van der Waals surface area contributed by atoms with E-state index in [2.05, 4.69) is 58.3 Å². The van der Waals surface area contributed by atoms with Gasteiger partial charge in [-0.3, -0.25) is 4.68 Å². The summed E-state index contributed by atoms with van der Waals surface area (Å²) in [5, 5.41) is 17.7. The average molecular weight is 429 g/mol. The molecule has 3 aromatic rings. The minimum absolute atomic E-state index is 0.344. The lowest BCUT2D eigenvalue weighted by Gasteiger charge is -2.35. The number of nitriles is 1. The summed E-state index contributed by atoms with van der Waals surface area (Å²) < 4.78 is 8.51. The third kappa shape index (κ3) is 3.71. The Morgan fingerprint density at radius 3 is 2.84 bits per heavy atom. The van der Waals surface area contributed by atoms with E-state index in [-0.39, 0.29) is 0 Å². The number of benzene rings is 1. The van der Waals surface area contributed by atoms with E-state index in [0.717, 1.165) is 61.2 Å². The van der Waals surface area contributed by atoms with E-state index in [1.165, 1.54) is 5.69 Å². The fourth-order valence-corrected chi connectivity index (χ4v) is 4.72. The summed E-state index contributed by atoms with van der Waals surface area (Å²) in [6, 6.07) is 10.9. The fraction of sp³-hybridized carbons (Fsp3) is 0.400. The highest BCUT2D eigenvalue weighted by molar-refractivity contribution is 5.78. The van der Waals surface area contributed by atoms with Gasteiger partial charge in [0.15, 0.2) is 0 Å². The van der Waals surface area contributed by atoms with Gasteiger partial charge in [0.1, 0.15) is 17.4 Å². The van der Waals surface area contributed by atoms with Gasteiger partial charge in [-0.1, -0.05) is 0 Å². The van der Waals surface area contributed by atoms with Crippen molar-refractivity contribution in [1.29, 1.82) is 5.26 Å². The highest BCUT2D eigenvalue weighted by atomic mass is 16.5. The monoisotopic (exact) mass is 428 g/mol. The summed E-state index contributed by atoms with van der Waals surface area (Å²) >= 11 is 0. The largest absolute Gasteiger partial charge is 0.437 e. The Morgan fingerprint density at radius 2 is 2.03 bits per heavy atom. The van der Waals surface area contributed by atoms with E-state index in [9.17, 15) is 5.26 Å². The topological polar surface area (TPSA) is 79.0 Å². The van der Waals surface area contributed by atoms with Crippen molar-refractivity contribution in [3.05, 3.63) is 54.0 Å². The van der Waals surface area contributed by atoms with Crippen LogP contribution < -0.4 is 15.0 Å². The first-order valence-corrected chi connectivity index (χ1v) is 11.3. The van der Waals surface area contributed by atoms with Crippen LogP contribution in [0.25, 0.3) is 11.1 Å². The molecular weight excluding hydrogens is 400 g/mol. The summed E-state index contributed by atoms with van der Waals surface area (Å²) in [7, 11) is 2.13. The van der Waals surface area contributed by atoms with E-state index in [1.807, 2.05) is 6.20 Å². The van der Waals surface area contributed by atoms with Crippen molar-refractivity contribution in [3.8, 4) is 28.8 Å². The third-order valence-electron chi connectivity index (χ3n) is 6.77. The molecule has 0 aliphatic carbocycles. The van der Waals surface area contributed by atoms with Gasteiger partial charge in [0.25, 0.3) is 0 Å². The van der Waals surface area contributed by atoms with Crippen molar-refractivity contribution >= 4 is 5.69 Å². The second kappa shape index (κ2) is 8.64. The maximum Gasteiger partial charge on any atom is 0.237 e. The van der Waals surface area contributed by atoms with Crippen LogP contribution in [0.5, 0.6) is 11.6 Å². The SMILES string of the molecule is CC1CCc2c(ccc(-c3cnn(C4CCNCC4)c3)c2Oc2ncccc2C#N)N1C. The van der Waals surface area contributed by atoms with Crippen molar-refractivity contribution in [2.45, 2.75) is 44.7 Å². The number of hydrogen-bond donors (Lipinski definition) is 1. The molecule has 7 heteroatoms. The van der Waals surface area contributed by atoms with Crippen molar-refractivity contribution < 1.29 is 4.74 Å². The van der Waals surface area contributed by atoms with E-state index in [1.54, 1.807) is 18.3 Å². The molecule has 0 amide bonds. The minimum atomic E-state index is 0.344. The predicted octanol–water partition coefficient (Wildman–Crippen LogP) is 4.30. The molecule has 164 valence electrons. The number of piperidine rings is 1. The van der Waals surface area contributed by atoms with Crippen molar-refractivity contribution in [2.24, 2.45) is 0 Å². The van der Waals surface area contributed by atoms with E-state index in [0.29, 0.717) is 23.5 Å². The first kappa shape index (κ1) is 20.5. The van der Waals surface area contributed by atoms with Crippen LogP contribution in [0.4, 0.5) is 5.69 Å². The van der Waals surface area contributed by atoms with Crippen LogP contribution in [0.2, 0.25) is 0 Å². The minimum Gasteiger partial charge on any atom is -0.437 e. The van der Waals surface area contributed by atoms with Gasteiger partial charge in [-0.15, -0.1) is 0 Å². The summed E-state index contributed by atoms with van der Waals surface area (Å²) in [5.74, 6) is 1.12. The maximum atomic E-state index is 9.55. The predicted molar refractivity (Wildman–Crippen MR) is 124 cm³/mol. The lowest BCUT2D eigenvalue weighted by Crippen LogP contribution is -2.33. The number of nitrogens with zero attached hydrogens (tertiary/aromatic N) is 5. The molecule has 4 heterocycles. The maximum absolute atomic E-state index is 9.55. The number of rotatable bonds is 4. The summed E-state index contributed by atoms with van der Waals surface area (Å²) in [6.07, 6.45) is 9.84. The second-order valence-corrected chi connectivity index (χ2v) is 8.70. The molecule has 1 saturated heterocycles. The highest BCUT2D eigenvalue weighted by Gasteiger charge is 2.27. The number of aromatic nitrogens is 3. The van der Waals surface area contributed by atoms with Gasteiger partial charge in [0.2, 0.25) is 5.88 Å². The second-order valence-electron chi connectivity index (χ2n) is 8.70. The van der Waals surface area contributed by atoms with Gasteiger partial charge in [0.05, 0.1) is 12.2 Å². The molecule has 0 saturated carbocycles. The quantitative estimate of drug-likeness (QED) is 0.667. The third-order valence-corrected chi connectivity index (χ3v) is 6.77. The number of hydrogen-bond acceptors (Lipinski definition) is 6. The molecule has 2 aliphatic rings. The number of ether oxygens (including phenoxy) is 1. The Hall–Kier alpha value is -3.37. The molecule has 0 bridgehead atoms. The summed E-state index contributed by atoms with van der Waals surface area (Å²) in [4.78, 5) is 6.66. The van der Waals surface area contributed by atoms with E-state index in [4.69, 9.17) is 9.84 Å². The molecule has 1 fully saturated rings. The Bertz CT molecular complexity index is 1160. The van der Waals surface area contributed by atoms with Crippen molar-refractivity contribution in [1.82, 2.24) is 20.1 Å². The highest BCUT2D eigenvalue weighted by Crippen LogP contribution is 2.44. The molecule has 1 unspecified atom stereocenters. The molecule has 0 spiro atoms. The molecule has 1 N–H and O–H groups in total. The van der Waals surface area contributed by atoms with E-state index < -0.39 is 0 Å². The Labute approximate surface area is 188 Å². The van der Waals surface area contributed by atoms with Gasteiger partial charge in [-0.25, -0.2) is 4.98 Å². The lowest BCUT2D eigenvalue weighted by molar-refractivity contribution is 0.343. The average Bonchev–Trinajstić information content (AvgIpc) is 3.33. The van der Waals surface area contributed by atoms with Crippen LogP contribution in [-0.4, -0.2) is 40.9 Å². The molecule has 2 aromatic heterocycles. The molecule has 2 aliphatic heterocycles. The fourth-order valence-electron chi connectivity index (χ4n) is 4.72. The molecule has 1 aromatic carbocycles. The van der Waals surface area contributed by atoms with Gasteiger partial charge in [-0.2, -0.15) is 10.4 Å². The Kier molecular flexibility index (Phi) is 5.54. The lowest BCUT2D eigenvalue weighted by atomic mass is 9.93. The zero-order chi connectivity index (χ0) is 22.1. The molecule has 1 atom stereocenters. The van der Waals surface area contributed by atoms with Gasteiger partial charge in [-0.05, 0) is 70.0 Å². The number of fused-ring (bicyclic) bond motifs is 1. The van der Waals surface area contributed by atoms with Crippen LogP contribution in [0, 0.1) is 11.3 Å². The molecular formula is C25H28N6O. The number of anilines is 1. The van der Waals surface area contributed by atoms with Crippen LogP contribution in [0.1, 0.15) is 43.4 Å². The first-order valence-electron chi connectivity index (χ1n) is 11.3. The standard InChI is InChI=1S/C25H28N6O/c1-17-5-6-22-23(30(17)2)8-7-21(24(22)32-25-18(14-26)4-3-11-28-25)19-15-29-31(16-19)20-9-12-27-13-10-20/h3-4,7-8,11,15-17,20,27H,5-6,9-10,12-13H2,1-2H3. The van der Waals surface area contributed by atoms with Crippen molar-refractivity contribution in [3.63, 3.8) is 0 Å². The van der Waals surface area contributed by atoms with Crippen LogP contribution in [0.3, 0.4) is 0 Å². The van der Waals surface area contributed by atoms with Crippen LogP contribution >= 0.6 is 0 Å². The van der Waals surface area contributed by atoms with E-state index >= 15 is 0 Å². The summed E-state index contributed by atoms with van der Waals surface area (Å²) in [6.45, 7) is 4.29. The first-order chi connectivity index (χ1) is 15.7. The number of pyridine rings is 1. The summed E-state index contributed by atoms with van der Waals surface area (Å²) in [5.41, 5.74) is 4.77. The van der Waals surface area contributed by atoms with Gasteiger partial charge in [0, 0.05) is 47.9 Å². The number of nitrogens with one attached hydrogen (secondary N) is 1. The normalized spacial score (nSPS) is 18.8. The molecule has 32 heavy (non-hydrogen) atoms. The molecule has 0 radical (unpaired) electrons. The smallest absolute Gasteiger partial charge is 0.237 e. The van der Waals surface area contributed by atoms with Crippen LogP contribution in [0.15, 0.2) is 42.9 Å². The van der Waals surface area contributed by atoms with Gasteiger partial charge < -0.3 is 15.0 Å². The molecule has 7 nitrogen and oxygen atoms in total. The zero-order valence-corrected chi connectivity index (χ0v) is 18.6. The van der Waals surface area contributed by atoms with Gasteiger partial charge >= 0.3 is 0 Å². The Balaban J connectivity index is 1.60. The van der Waals surface area contributed by atoms with Crippen molar-refractivity contribution in [2.75, 3.05) is 25.0 Å². The molecule has 5 rings (SSSR count).